The molecule has 1 aromatic carbocycles. The highest BCUT2D eigenvalue weighted by Crippen LogP contribution is 2.26. The van der Waals surface area contributed by atoms with Crippen LogP contribution in [0, 0.1) is 10.5 Å². The number of aromatic nitrogens is 1. The van der Waals surface area contributed by atoms with Crippen molar-refractivity contribution in [3.8, 4) is 0 Å². The first-order valence-corrected chi connectivity index (χ1v) is 9.55. The van der Waals surface area contributed by atoms with Gasteiger partial charge in [0, 0.05) is 21.4 Å². The number of carbonyl (C=O) groups excluding carboxylic acids is 1. The Bertz CT molecular complexity index is 672. The monoisotopic (exact) mass is 426 g/mol. The van der Waals surface area contributed by atoms with Gasteiger partial charge in [-0.05, 0) is 66.8 Å². The standard InChI is InChI=1S/C17H19IN2OS/c1-11-5-4-6-12(16(11)18)17(21)19-10-9-15-20-13-7-2-3-8-14(13)22-15/h4-6H,2-3,7-10H2,1H3,(H,19,21). The molecule has 0 atom stereocenters. The fourth-order valence-electron chi connectivity index (χ4n) is 2.71. The SMILES string of the molecule is Cc1cccc(C(=O)NCCc2nc3c(s2)CCCC3)c1I. The van der Waals surface area contributed by atoms with Crippen molar-refractivity contribution in [1.29, 1.82) is 0 Å². The lowest BCUT2D eigenvalue weighted by Gasteiger charge is -2.07. The van der Waals surface area contributed by atoms with Crippen molar-refractivity contribution in [1.82, 2.24) is 10.3 Å². The number of thiazole rings is 1. The molecule has 5 heteroatoms. The highest BCUT2D eigenvalue weighted by atomic mass is 127. The zero-order valence-corrected chi connectivity index (χ0v) is 15.6. The summed E-state index contributed by atoms with van der Waals surface area (Å²) >= 11 is 4.06. The topological polar surface area (TPSA) is 42.0 Å². The van der Waals surface area contributed by atoms with Crippen molar-refractivity contribution in [2.45, 2.75) is 39.0 Å². The Kier molecular flexibility index (Phi) is 5.13. The van der Waals surface area contributed by atoms with E-state index in [-0.39, 0.29) is 5.91 Å². The number of amides is 1. The summed E-state index contributed by atoms with van der Waals surface area (Å²) in [5.41, 5.74) is 3.20. The summed E-state index contributed by atoms with van der Waals surface area (Å²) in [7, 11) is 0. The van der Waals surface area contributed by atoms with Crippen molar-refractivity contribution in [2.24, 2.45) is 0 Å². The molecule has 0 saturated heterocycles. The van der Waals surface area contributed by atoms with Crippen molar-refractivity contribution in [3.05, 3.63) is 48.5 Å². The second-order valence-electron chi connectivity index (χ2n) is 5.63. The first-order chi connectivity index (χ1) is 10.6. The number of fused-ring (bicyclic) bond motifs is 1. The number of benzene rings is 1. The third-order valence-corrected chi connectivity index (χ3v) is 6.60. The maximum absolute atomic E-state index is 12.3. The molecule has 0 bridgehead atoms. The van der Waals surface area contributed by atoms with Gasteiger partial charge in [0.05, 0.1) is 16.3 Å². The number of nitrogens with zero attached hydrogens (tertiary/aromatic N) is 1. The van der Waals surface area contributed by atoms with Gasteiger partial charge in [-0.3, -0.25) is 4.79 Å². The summed E-state index contributed by atoms with van der Waals surface area (Å²) in [6.07, 6.45) is 5.68. The lowest BCUT2D eigenvalue weighted by molar-refractivity contribution is 0.0953. The highest BCUT2D eigenvalue weighted by Gasteiger charge is 2.15. The fraction of sp³-hybridized carbons (Fsp3) is 0.412. The van der Waals surface area contributed by atoms with Crippen LogP contribution in [0.1, 0.15) is 44.3 Å². The van der Waals surface area contributed by atoms with Crippen molar-refractivity contribution in [3.63, 3.8) is 0 Å². The number of nitrogens with one attached hydrogen (secondary N) is 1. The molecule has 1 heterocycles. The van der Waals surface area contributed by atoms with Crippen LogP contribution in [0.5, 0.6) is 0 Å². The largest absolute Gasteiger partial charge is 0.352 e. The smallest absolute Gasteiger partial charge is 0.252 e. The van der Waals surface area contributed by atoms with Gasteiger partial charge in [0.25, 0.3) is 5.91 Å². The van der Waals surface area contributed by atoms with Crippen molar-refractivity contribution in [2.75, 3.05) is 6.54 Å². The molecule has 1 aliphatic carbocycles. The van der Waals surface area contributed by atoms with Gasteiger partial charge in [0.1, 0.15) is 0 Å². The van der Waals surface area contributed by atoms with Gasteiger partial charge < -0.3 is 5.32 Å². The molecule has 22 heavy (non-hydrogen) atoms. The summed E-state index contributed by atoms with van der Waals surface area (Å²) in [5, 5.41) is 4.18. The van der Waals surface area contributed by atoms with Crippen molar-refractivity contribution < 1.29 is 4.79 Å². The predicted molar refractivity (Wildman–Crippen MR) is 98.7 cm³/mol. The zero-order valence-electron chi connectivity index (χ0n) is 12.6. The molecule has 1 aromatic heterocycles. The van der Waals surface area contributed by atoms with Gasteiger partial charge in [-0.2, -0.15) is 0 Å². The average Bonchev–Trinajstić information content (AvgIpc) is 2.92. The van der Waals surface area contributed by atoms with E-state index in [9.17, 15) is 4.79 Å². The Balaban J connectivity index is 1.57. The van der Waals surface area contributed by atoms with E-state index in [1.165, 1.54) is 29.8 Å². The van der Waals surface area contributed by atoms with E-state index in [2.05, 4.69) is 27.9 Å². The minimum Gasteiger partial charge on any atom is -0.352 e. The molecule has 1 aliphatic rings. The molecular formula is C17H19IN2OS. The summed E-state index contributed by atoms with van der Waals surface area (Å²) in [5.74, 6) is 0.00872. The molecule has 0 spiro atoms. The van der Waals surface area contributed by atoms with E-state index in [0.717, 1.165) is 32.5 Å². The maximum atomic E-state index is 12.3. The van der Waals surface area contributed by atoms with Gasteiger partial charge in [-0.25, -0.2) is 4.98 Å². The summed E-state index contributed by atoms with van der Waals surface area (Å²) in [6.45, 7) is 2.67. The van der Waals surface area contributed by atoms with Crippen LogP contribution in [0.15, 0.2) is 18.2 Å². The third kappa shape index (κ3) is 3.51. The Labute approximate surface area is 148 Å². The Hall–Kier alpha value is -0.950. The number of rotatable bonds is 4. The van der Waals surface area contributed by atoms with Crippen LogP contribution in [0.2, 0.25) is 0 Å². The predicted octanol–water partition coefficient (Wildman–Crippen LogP) is 3.91. The summed E-state index contributed by atoms with van der Waals surface area (Å²) in [6, 6.07) is 5.84. The first kappa shape index (κ1) is 15.9. The molecule has 3 nitrogen and oxygen atoms in total. The molecule has 2 aromatic rings. The number of hydrogen-bond donors (Lipinski definition) is 1. The molecule has 0 radical (unpaired) electrons. The molecule has 0 aliphatic heterocycles. The molecular weight excluding hydrogens is 407 g/mol. The maximum Gasteiger partial charge on any atom is 0.252 e. The van der Waals surface area contributed by atoms with Crippen molar-refractivity contribution >= 4 is 39.8 Å². The molecule has 0 fully saturated rings. The summed E-state index contributed by atoms with van der Waals surface area (Å²) in [4.78, 5) is 18.4. The average molecular weight is 426 g/mol. The second kappa shape index (κ2) is 7.08. The quantitative estimate of drug-likeness (QED) is 0.754. The number of halogens is 1. The van der Waals surface area contributed by atoms with Gasteiger partial charge in [-0.15, -0.1) is 11.3 Å². The van der Waals surface area contributed by atoms with Crippen LogP contribution in [0.3, 0.4) is 0 Å². The van der Waals surface area contributed by atoms with E-state index < -0.39 is 0 Å². The second-order valence-corrected chi connectivity index (χ2v) is 7.87. The van der Waals surface area contributed by atoms with Crippen LogP contribution in [-0.4, -0.2) is 17.4 Å². The highest BCUT2D eigenvalue weighted by molar-refractivity contribution is 14.1. The molecule has 116 valence electrons. The van der Waals surface area contributed by atoms with E-state index in [1.807, 2.05) is 36.5 Å². The van der Waals surface area contributed by atoms with Crippen LogP contribution in [0.4, 0.5) is 0 Å². The van der Waals surface area contributed by atoms with Gasteiger partial charge in [0.2, 0.25) is 0 Å². The number of carbonyl (C=O) groups is 1. The minimum atomic E-state index is 0.00872. The molecule has 1 amide bonds. The Morgan fingerprint density at radius 2 is 2.18 bits per heavy atom. The van der Waals surface area contributed by atoms with Gasteiger partial charge in [0.15, 0.2) is 0 Å². The molecule has 0 unspecified atom stereocenters. The lowest BCUT2D eigenvalue weighted by Crippen LogP contribution is -2.26. The number of aryl methyl sites for hydroxylation is 3. The lowest BCUT2D eigenvalue weighted by atomic mass is 10.0. The van der Waals surface area contributed by atoms with Crippen LogP contribution < -0.4 is 5.32 Å². The normalized spacial score (nSPS) is 13.7. The molecule has 1 N–H and O–H groups in total. The van der Waals surface area contributed by atoms with Gasteiger partial charge >= 0.3 is 0 Å². The third-order valence-electron chi connectivity index (χ3n) is 3.95. The van der Waals surface area contributed by atoms with Crippen LogP contribution in [0.25, 0.3) is 0 Å². The van der Waals surface area contributed by atoms with E-state index in [0.29, 0.717) is 6.54 Å². The van der Waals surface area contributed by atoms with Crippen LogP contribution >= 0.6 is 33.9 Å². The van der Waals surface area contributed by atoms with E-state index in [1.54, 1.807) is 0 Å². The fourth-order valence-corrected chi connectivity index (χ4v) is 4.47. The minimum absolute atomic E-state index is 0.00872. The molecule has 0 saturated carbocycles. The van der Waals surface area contributed by atoms with E-state index in [4.69, 9.17) is 4.98 Å². The zero-order chi connectivity index (χ0) is 15.5. The van der Waals surface area contributed by atoms with Gasteiger partial charge in [-0.1, -0.05) is 12.1 Å². The first-order valence-electron chi connectivity index (χ1n) is 7.66. The Morgan fingerprint density at radius 3 is 3.00 bits per heavy atom. The summed E-state index contributed by atoms with van der Waals surface area (Å²) < 4.78 is 1.03. The van der Waals surface area contributed by atoms with E-state index >= 15 is 0 Å². The molecule has 3 rings (SSSR count). The Morgan fingerprint density at radius 1 is 1.36 bits per heavy atom. The number of hydrogen-bond acceptors (Lipinski definition) is 3. The van der Waals surface area contributed by atoms with Crippen LogP contribution in [-0.2, 0) is 19.3 Å².